The van der Waals surface area contributed by atoms with Gasteiger partial charge in [0.1, 0.15) is 5.60 Å². The summed E-state index contributed by atoms with van der Waals surface area (Å²) in [6.45, 7) is 14.9. The molecule has 164 valence electrons. The summed E-state index contributed by atoms with van der Waals surface area (Å²) in [7, 11) is -2.86. The van der Waals surface area contributed by atoms with Gasteiger partial charge in [-0.25, -0.2) is 13.2 Å². The Bertz CT molecular complexity index is 627. The van der Waals surface area contributed by atoms with Crippen molar-refractivity contribution in [3.63, 3.8) is 0 Å². The zero-order valence-electron chi connectivity index (χ0n) is 18.1. The van der Waals surface area contributed by atoms with Crippen LogP contribution in [0.4, 0.5) is 4.79 Å². The SMILES string of the molecule is CCNC(=NCC(C)(C)NC(=O)OC(C)(C)C)NCCN1CCS(=O)(=O)CC1. The number of carbonyl (C=O) groups excluding carboxylic acids is 1. The van der Waals surface area contributed by atoms with Crippen molar-refractivity contribution in [2.45, 2.75) is 52.7 Å². The van der Waals surface area contributed by atoms with Gasteiger partial charge in [-0.3, -0.25) is 9.89 Å². The molecule has 9 nitrogen and oxygen atoms in total. The molecule has 1 fully saturated rings. The maximum absolute atomic E-state index is 12.0. The summed E-state index contributed by atoms with van der Waals surface area (Å²) < 4.78 is 28.3. The van der Waals surface area contributed by atoms with Crippen molar-refractivity contribution < 1.29 is 17.9 Å². The molecule has 1 heterocycles. The fourth-order valence-electron chi connectivity index (χ4n) is 2.54. The Kier molecular flexibility index (Phi) is 9.00. The van der Waals surface area contributed by atoms with Crippen LogP contribution in [0.3, 0.4) is 0 Å². The number of hydrogen-bond donors (Lipinski definition) is 3. The minimum Gasteiger partial charge on any atom is -0.444 e. The lowest BCUT2D eigenvalue weighted by Gasteiger charge is -2.28. The Hall–Kier alpha value is -1.55. The number of rotatable bonds is 7. The summed E-state index contributed by atoms with van der Waals surface area (Å²) >= 11 is 0. The summed E-state index contributed by atoms with van der Waals surface area (Å²) in [6, 6.07) is 0. The molecule has 1 rings (SSSR count). The molecule has 1 amide bonds. The van der Waals surface area contributed by atoms with Crippen molar-refractivity contribution in [2.75, 3.05) is 50.8 Å². The quantitative estimate of drug-likeness (QED) is 0.409. The number of amides is 1. The molecule has 0 unspecified atom stereocenters. The highest BCUT2D eigenvalue weighted by atomic mass is 32.2. The topological polar surface area (TPSA) is 112 Å². The Morgan fingerprint density at radius 2 is 1.71 bits per heavy atom. The Morgan fingerprint density at radius 3 is 2.25 bits per heavy atom. The van der Waals surface area contributed by atoms with E-state index in [1.165, 1.54) is 0 Å². The first-order valence-electron chi connectivity index (χ1n) is 9.78. The Balaban J connectivity index is 2.48. The first-order valence-corrected chi connectivity index (χ1v) is 11.6. The van der Waals surface area contributed by atoms with Crippen LogP contribution in [0, 0.1) is 0 Å². The molecular formula is C18H37N5O4S. The van der Waals surface area contributed by atoms with Gasteiger partial charge in [0.15, 0.2) is 15.8 Å². The number of ether oxygens (including phenoxy) is 1. The number of hydrogen-bond acceptors (Lipinski definition) is 6. The third kappa shape index (κ3) is 10.7. The van der Waals surface area contributed by atoms with E-state index in [1.807, 2.05) is 41.5 Å². The number of guanidine groups is 1. The molecule has 0 radical (unpaired) electrons. The molecular weight excluding hydrogens is 382 g/mol. The number of nitrogens with one attached hydrogen (secondary N) is 3. The van der Waals surface area contributed by atoms with E-state index in [-0.39, 0.29) is 11.5 Å². The number of nitrogens with zero attached hydrogens (tertiary/aromatic N) is 2. The Labute approximate surface area is 169 Å². The molecule has 0 bridgehead atoms. The number of carbonyl (C=O) groups is 1. The third-order valence-corrected chi connectivity index (χ3v) is 5.58. The van der Waals surface area contributed by atoms with Crippen LogP contribution < -0.4 is 16.0 Å². The molecule has 0 aromatic carbocycles. The maximum atomic E-state index is 12.0. The average Bonchev–Trinajstić information content (AvgIpc) is 2.51. The third-order valence-electron chi connectivity index (χ3n) is 3.97. The van der Waals surface area contributed by atoms with Gasteiger partial charge in [0, 0.05) is 32.7 Å². The van der Waals surface area contributed by atoms with Crippen LogP contribution in [0.25, 0.3) is 0 Å². The highest BCUT2D eigenvalue weighted by molar-refractivity contribution is 7.91. The first-order chi connectivity index (χ1) is 12.8. The molecule has 0 spiro atoms. The van der Waals surface area contributed by atoms with Crippen LogP contribution in [0.1, 0.15) is 41.5 Å². The Morgan fingerprint density at radius 1 is 1.11 bits per heavy atom. The van der Waals surface area contributed by atoms with Crippen LogP contribution in [0.2, 0.25) is 0 Å². The summed E-state index contributed by atoms with van der Waals surface area (Å²) in [6.07, 6.45) is -0.467. The predicted molar refractivity (Wildman–Crippen MR) is 113 cm³/mol. The lowest BCUT2D eigenvalue weighted by atomic mass is 10.1. The fraction of sp³-hybridized carbons (Fsp3) is 0.889. The average molecular weight is 420 g/mol. The van der Waals surface area contributed by atoms with E-state index in [0.29, 0.717) is 38.7 Å². The van der Waals surface area contributed by atoms with Crippen LogP contribution >= 0.6 is 0 Å². The second kappa shape index (κ2) is 10.3. The number of sulfone groups is 1. The molecule has 1 saturated heterocycles. The molecule has 28 heavy (non-hydrogen) atoms. The van der Waals surface area contributed by atoms with E-state index in [4.69, 9.17) is 4.74 Å². The van der Waals surface area contributed by atoms with Gasteiger partial charge in [0.25, 0.3) is 0 Å². The van der Waals surface area contributed by atoms with Crippen LogP contribution in [-0.4, -0.2) is 87.3 Å². The van der Waals surface area contributed by atoms with E-state index in [0.717, 1.165) is 6.54 Å². The maximum Gasteiger partial charge on any atom is 0.408 e. The summed E-state index contributed by atoms with van der Waals surface area (Å²) in [5, 5.41) is 9.27. The minimum atomic E-state index is -2.86. The van der Waals surface area contributed by atoms with E-state index < -0.39 is 27.1 Å². The smallest absolute Gasteiger partial charge is 0.408 e. The van der Waals surface area contributed by atoms with E-state index in [1.54, 1.807) is 0 Å². The van der Waals surface area contributed by atoms with Crippen molar-refractivity contribution in [2.24, 2.45) is 4.99 Å². The van der Waals surface area contributed by atoms with Gasteiger partial charge in [-0.1, -0.05) is 0 Å². The second-order valence-electron chi connectivity index (χ2n) is 8.63. The van der Waals surface area contributed by atoms with Crippen LogP contribution in [0.15, 0.2) is 4.99 Å². The zero-order valence-corrected chi connectivity index (χ0v) is 18.9. The highest BCUT2D eigenvalue weighted by Gasteiger charge is 2.25. The lowest BCUT2D eigenvalue weighted by Crippen LogP contribution is -2.49. The molecule has 0 atom stereocenters. The van der Waals surface area contributed by atoms with Gasteiger partial charge in [0.2, 0.25) is 0 Å². The monoisotopic (exact) mass is 419 g/mol. The number of alkyl carbamates (subject to hydrolysis) is 1. The van der Waals surface area contributed by atoms with E-state index in [9.17, 15) is 13.2 Å². The largest absolute Gasteiger partial charge is 0.444 e. The van der Waals surface area contributed by atoms with Crippen LogP contribution in [0.5, 0.6) is 0 Å². The van der Waals surface area contributed by atoms with E-state index >= 15 is 0 Å². The zero-order chi connectivity index (χ0) is 21.4. The number of aliphatic imine (C=N–C) groups is 1. The molecule has 3 N–H and O–H groups in total. The van der Waals surface area contributed by atoms with Gasteiger partial charge in [0.05, 0.1) is 23.6 Å². The van der Waals surface area contributed by atoms with Crippen molar-refractivity contribution in [3.8, 4) is 0 Å². The van der Waals surface area contributed by atoms with Gasteiger partial charge in [-0.2, -0.15) is 0 Å². The van der Waals surface area contributed by atoms with Crippen molar-refractivity contribution >= 4 is 21.9 Å². The van der Waals surface area contributed by atoms with Gasteiger partial charge >= 0.3 is 6.09 Å². The van der Waals surface area contributed by atoms with Crippen molar-refractivity contribution in [1.29, 1.82) is 0 Å². The summed E-state index contributed by atoms with van der Waals surface area (Å²) in [5.74, 6) is 1.11. The normalized spacial score (nSPS) is 18.4. The molecule has 0 aromatic rings. The second-order valence-corrected chi connectivity index (χ2v) is 10.9. The lowest BCUT2D eigenvalue weighted by molar-refractivity contribution is 0.0476. The fourth-order valence-corrected chi connectivity index (χ4v) is 3.82. The molecule has 0 saturated carbocycles. The molecule has 0 aliphatic carbocycles. The first kappa shape index (κ1) is 24.5. The van der Waals surface area contributed by atoms with Gasteiger partial charge in [-0.15, -0.1) is 0 Å². The molecule has 1 aliphatic heterocycles. The minimum absolute atomic E-state index is 0.228. The molecule has 0 aromatic heterocycles. The van der Waals surface area contributed by atoms with Crippen molar-refractivity contribution in [3.05, 3.63) is 0 Å². The summed E-state index contributed by atoms with van der Waals surface area (Å²) in [4.78, 5) is 18.7. The van der Waals surface area contributed by atoms with Gasteiger partial charge < -0.3 is 20.7 Å². The van der Waals surface area contributed by atoms with Gasteiger partial charge in [-0.05, 0) is 41.5 Å². The standard InChI is InChI=1S/C18H37N5O4S/c1-7-19-15(20-8-9-23-10-12-28(25,26)13-11-23)21-14-18(5,6)22-16(24)27-17(2,3)4/h7-14H2,1-6H3,(H,22,24)(H2,19,20,21). The van der Waals surface area contributed by atoms with Crippen molar-refractivity contribution in [1.82, 2.24) is 20.9 Å². The molecule has 1 aliphatic rings. The molecule has 10 heteroatoms. The van der Waals surface area contributed by atoms with E-state index in [2.05, 4.69) is 25.8 Å². The predicted octanol–water partition coefficient (Wildman–Crippen LogP) is 0.575. The summed E-state index contributed by atoms with van der Waals surface area (Å²) in [5.41, 5.74) is -1.11. The van der Waals surface area contributed by atoms with Crippen LogP contribution in [-0.2, 0) is 14.6 Å². The highest BCUT2D eigenvalue weighted by Crippen LogP contribution is 2.09.